The van der Waals surface area contributed by atoms with Gasteiger partial charge in [-0.3, -0.25) is 9.52 Å². The highest BCUT2D eigenvalue weighted by Gasteiger charge is 2.20. The van der Waals surface area contributed by atoms with E-state index in [4.69, 9.17) is 4.74 Å². The van der Waals surface area contributed by atoms with Gasteiger partial charge >= 0.3 is 0 Å². The Balaban J connectivity index is 1.81. The van der Waals surface area contributed by atoms with Gasteiger partial charge in [0.2, 0.25) is 0 Å². The topological polar surface area (TPSA) is 125 Å². The van der Waals surface area contributed by atoms with Gasteiger partial charge in [0.05, 0.1) is 10.7 Å². The summed E-state index contributed by atoms with van der Waals surface area (Å²) in [6, 6.07) is 13.1. The van der Waals surface area contributed by atoms with Crippen LogP contribution in [0.5, 0.6) is 17.2 Å². The number of carbonyl (C=O) groups excluding carboxylic acids is 1. The monoisotopic (exact) mass is 472 g/mol. The number of sulfonamides is 1. The highest BCUT2D eigenvalue weighted by atomic mass is 32.2. The minimum atomic E-state index is -4.07. The molecule has 3 aromatic rings. The lowest BCUT2D eigenvalue weighted by Crippen LogP contribution is -2.22. The van der Waals surface area contributed by atoms with Crippen molar-refractivity contribution in [3.8, 4) is 17.2 Å². The summed E-state index contributed by atoms with van der Waals surface area (Å²) in [6.07, 6.45) is 0.962. The predicted molar refractivity (Wildman–Crippen MR) is 122 cm³/mol. The van der Waals surface area contributed by atoms with E-state index in [0.29, 0.717) is 10.8 Å². The number of halogens is 1. The normalized spacial score (nSPS) is 11.8. The van der Waals surface area contributed by atoms with E-state index in [0.717, 1.165) is 6.08 Å². The van der Waals surface area contributed by atoms with Crippen molar-refractivity contribution in [1.29, 1.82) is 0 Å². The van der Waals surface area contributed by atoms with Crippen LogP contribution in [-0.4, -0.2) is 31.1 Å². The quantitative estimate of drug-likeness (QED) is 0.224. The van der Waals surface area contributed by atoms with Crippen LogP contribution in [0.25, 0.3) is 10.8 Å². The third-order valence-corrected chi connectivity index (χ3v) is 5.86. The molecule has 10 heteroatoms. The molecular weight excluding hydrogens is 451 g/mol. The summed E-state index contributed by atoms with van der Waals surface area (Å²) in [6.45, 7) is 4.26. The highest BCUT2D eigenvalue weighted by molar-refractivity contribution is 7.89. The highest BCUT2D eigenvalue weighted by Crippen LogP contribution is 2.31. The van der Waals surface area contributed by atoms with Crippen LogP contribution in [0.15, 0.2) is 83.7 Å². The third kappa shape index (κ3) is 5.80. The summed E-state index contributed by atoms with van der Waals surface area (Å²) in [4.78, 5) is 12.2. The second-order valence-corrected chi connectivity index (χ2v) is 8.66. The lowest BCUT2D eigenvalue weighted by Gasteiger charge is -2.14. The standard InChI is InChI=1S/C23H21FN2O6S/c1-14(24)11-15(2)26-33(30,31)22-10-9-21(17-5-3-4-6-18(17)22)32-13-23(29)25-16-7-8-19(27)20(28)12-16/h3-12,26-28H,2,13H2,1H3,(H,25,29)/b14-11+. The summed E-state index contributed by atoms with van der Waals surface area (Å²) in [5.74, 6) is -1.57. The van der Waals surface area contributed by atoms with Gasteiger partial charge in [-0.25, -0.2) is 12.8 Å². The van der Waals surface area contributed by atoms with E-state index in [1.54, 1.807) is 24.3 Å². The molecule has 0 heterocycles. The first-order valence-corrected chi connectivity index (χ1v) is 11.1. The number of allylic oxidation sites excluding steroid dienone is 2. The Morgan fingerprint density at radius 2 is 1.79 bits per heavy atom. The van der Waals surface area contributed by atoms with Crippen LogP contribution in [-0.2, 0) is 14.8 Å². The average molecular weight is 472 g/mol. The van der Waals surface area contributed by atoms with E-state index in [2.05, 4.69) is 16.6 Å². The summed E-state index contributed by atoms with van der Waals surface area (Å²) >= 11 is 0. The lowest BCUT2D eigenvalue weighted by molar-refractivity contribution is -0.118. The Morgan fingerprint density at radius 3 is 2.45 bits per heavy atom. The number of hydrogen-bond acceptors (Lipinski definition) is 6. The molecule has 8 nitrogen and oxygen atoms in total. The molecule has 0 aliphatic carbocycles. The van der Waals surface area contributed by atoms with Gasteiger partial charge in [0, 0.05) is 28.2 Å². The number of hydrogen-bond donors (Lipinski definition) is 4. The molecule has 172 valence electrons. The number of aromatic hydroxyl groups is 2. The van der Waals surface area contributed by atoms with Gasteiger partial charge in [-0.2, -0.15) is 0 Å². The number of nitrogens with one attached hydrogen (secondary N) is 2. The smallest absolute Gasteiger partial charge is 0.262 e. The van der Waals surface area contributed by atoms with Gasteiger partial charge in [-0.05, 0) is 37.3 Å². The van der Waals surface area contributed by atoms with E-state index in [9.17, 15) is 27.8 Å². The molecule has 0 aromatic heterocycles. The fraction of sp³-hybridized carbons (Fsp3) is 0.0870. The van der Waals surface area contributed by atoms with Crippen molar-refractivity contribution in [3.05, 3.63) is 78.8 Å². The third-order valence-electron chi connectivity index (χ3n) is 4.39. The summed E-state index contributed by atoms with van der Waals surface area (Å²) < 4.78 is 46.5. The Kier molecular flexibility index (Phi) is 6.88. The number of amides is 1. The molecule has 33 heavy (non-hydrogen) atoms. The molecule has 0 spiro atoms. The van der Waals surface area contributed by atoms with Gasteiger partial charge in [-0.1, -0.05) is 30.8 Å². The largest absolute Gasteiger partial charge is 0.504 e. The molecule has 0 saturated heterocycles. The van der Waals surface area contributed by atoms with E-state index < -0.39 is 28.4 Å². The summed E-state index contributed by atoms with van der Waals surface area (Å²) in [5.41, 5.74) is 0.130. The van der Waals surface area contributed by atoms with Crippen molar-refractivity contribution in [1.82, 2.24) is 4.72 Å². The molecule has 0 unspecified atom stereocenters. The number of anilines is 1. The second-order valence-electron chi connectivity index (χ2n) is 7.01. The number of phenols is 2. The molecule has 0 atom stereocenters. The molecule has 0 aliphatic rings. The number of ether oxygens (including phenoxy) is 1. The lowest BCUT2D eigenvalue weighted by atomic mass is 10.1. The Hall–Kier alpha value is -4.05. The zero-order valence-corrected chi connectivity index (χ0v) is 18.3. The number of fused-ring (bicyclic) bond motifs is 1. The number of phenolic OH excluding ortho intramolecular Hbond substituents is 2. The summed E-state index contributed by atoms with van der Waals surface area (Å²) in [5, 5.41) is 22.1. The second kappa shape index (κ2) is 9.61. The zero-order chi connectivity index (χ0) is 24.2. The van der Waals surface area contributed by atoms with Crippen LogP contribution in [0.3, 0.4) is 0 Å². The zero-order valence-electron chi connectivity index (χ0n) is 17.5. The van der Waals surface area contributed by atoms with E-state index in [1.165, 1.54) is 37.3 Å². The maximum atomic E-state index is 13.1. The molecular formula is C23H21FN2O6S. The maximum absolute atomic E-state index is 13.1. The minimum Gasteiger partial charge on any atom is -0.504 e. The number of rotatable bonds is 8. The SMILES string of the molecule is C=C(/C=C(\C)F)NS(=O)(=O)c1ccc(OCC(=O)Nc2ccc(O)c(O)c2)c2ccccc12. The van der Waals surface area contributed by atoms with Crippen molar-refractivity contribution in [2.45, 2.75) is 11.8 Å². The van der Waals surface area contributed by atoms with Gasteiger partial charge in [0.1, 0.15) is 5.75 Å². The fourth-order valence-corrected chi connectivity index (χ4v) is 4.27. The van der Waals surface area contributed by atoms with Gasteiger partial charge in [-0.15, -0.1) is 0 Å². The van der Waals surface area contributed by atoms with Crippen molar-refractivity contribution in [2.75, 3.05) is 11.9 Å². The first-order valence-electron chi connectivity index (χ1n) is 9.59. The predicted octanol–water partition coefficient (Wildman–Crippen LogP) is 3.93. The van der Waals surface area contributed by atoms with Crippen molar-refractivity contribution in [2.24, 2.45) is 0 Å². The van der Waals surface area contributed by atoms with E-state index in [1.807, 2.05) is 0 Å². The van der Waals surface area contributed by atoms with Crippen molar-refractivity contribution in [3.63, 3.8) is 0 Å². The van der Waals surface area contributed by atoms with Gasteiger partial charge < -0.3 is 20.3 Å². The maximum Gasteiger partial charge on any atom is 0.262 e. The van der Waals surface area contributed by atoms with Gasteiger partial charge in [0.25, 0.3) is 15.9 Å². The minimum absolute atomic E-state index is 0.0690. The van der Waals surface area contributed by atoms with Crippen LogP contribution >= 0.6 is 0 Å². The molecule has 3 aromatic carbocycles. The Labute approximate surface area is 189 Å². The van der Waals surface area contributed by atoms with Crippen LogP contribution in [0.2, 0.25) is 0 Å². The molecule has 0 bridgehead atoms. The molecule has 0 radical (unpaired) electrons. The number of benzene rings is 3. The fourth-order valence-electron chi connectivity index (χ4n) is 3.04. The molecule has 0 saturated carbocycles. The first kappa shape index (κ1) is 23.6. The summed E-state index contributed by atoms with van der Waals surface area (Å²) in [7, 11) is -4.07. The van der Waals surface area contributed by atoms with Crippen LogP contribution < -0.4 is 14.8 Å². The molecule has 4 N–H and O–H groups in total. The van der Waals surface area contributed by atoms with Crippen LogP contribution in [0.1, 0.15) is 6.92 Å². The van der Waals surface area contributed by atoms with Crippen LogP contribution in [0.4, 0.5) is 10.1 Å². The van der Waals surface area contributed by atoms with Crippen molar-refractivity contribution >= 4 is 32.4 Å². The van der Waals surface area contributed by atoms with E-state index in [-0.39, 0.29) is 33.5 Å². The Bertz CT molecular complexity index is 1360. The molecule has 3 rings (SSSR count). The molecule has 0 aliphatic heterocycles. The first-order chi connectivity index (χ1) is 15.6. The van der Waals surface area contributed by atoms with E-state index >= 15 is 0 Å². The molecule has 0 fully saturated rings. The van der Waals surface area contributed by atoms with Gasteiger partial charge in [0.15, 0.2) is 18.1 Å². The molecule has 1 amide bonds. The number of carbonyl (C=O) groups is 1. The van der Waals surface area contributed by atoms with Crippen molar-refractivity contribution < 1.29 is 32.6 Å². The van der Waals surface area contributed by atoms with Crippen LogP contribution in [0, 0.1) is 0 Å². The average Bonchev–Trinajstić information content (AvgIpc) is 2.73. The Morgan fingerprint density at radius 1 is 1.09 bits per heavy atom.